The molecular weight excluding hydrogens is 310 g/mol. The molecule has 1 saturated carbocycles. The number of halogens is 1. The van der Waals surface area contributed by atoms with E-state index in [4.69, 9.17) is 11.6 Å². The maximum absolute atomic E-state index is 12.4. The number of nitrogens with one attached hydrogen (secondary N) is 1. The summed E-state index contributed by atoms with van der Waals surface area (Å²) in [4.78, 5) is 0.160. The van der Waals surface area contributed by atoms with Gasteiger partial charge in [0.1, 0.15) is 0 Å². The zero-order valence-corrected chi connectivity index (χ0v) is 13.8. The molecule has 1 aromatic rings. The van der Waals surface area contributed by atoms with Gasteiger partial charge in [-0.1, -0.05) is 31.4 Å². The number of hydrogen-bond donors (Lipinski definition) is 2. The first-order chi connectivity index (χ1) is 9.92. The molecule has 0 saturated heterocycles. The average Bonchev–Trinajstić information content (AvgIpc) is 2.63. The summed E-state index contributed by atoms with van der Waals surface area (Å²) >= 11 is 5.90. The molecule has 0 radical (unpaired) electrons. The predicted molar refractivity (Wildman–Crippen MR) is 83.7 cm³/mol. The van der Waals surface area contributed by atoms with E-state index in [0.717, 1.165) is 32.1 Å². The normalized spacial score (nSPS) is 23.8. The number of aliphatic hydroxyl groups excluding tert-OH is 1. The van der Waals surface area contributed by atoms with Gasteiger partial charge in [0, 0.05) is 11.1 Å². The first kappa shape index (κ1) is 16.7. The van der Waals surface area contributed by atoms with Crippen molar-refractivity contribution in [2.45, 2.75) is 56.6 Å². The maximum atomic E-state index is 12.4. The molecule has 2 N–H and O–H groups in total. The lowest BCUT2D eigenvalue weighted by Crippen LogP contribution is -2.34. The van der Waals surface area contributed by atoms with Crippen molar-refractivity contribution in [2.24, 2.45) is 5.92 Å². The Morgan fingerprint density at radius 1 is 1.29 bits per heavy atom. The third-order valence-corrected chi connectivity index (χ3v) is 5.96. The molecule has 0 amide bonds. The second-order valence-corrected chi connectivity index (χ2v) is 7.96. The van der Waals surface area contributed by atoms with Crippen molar-refractivity contribution in [2.75, 3.05) is 0 Å². The van der Waals surface area contributed by atoms with E-state index in [1.807, 2.05) is 0 Å². The van der Waals surface area contributed by atoms with Crippen LogP contribution in [-0.4, -0.2) is 19.6 Å². The van der Waals surface area contributed by atoms with Crippen molar-refractivity contribution < 1.29 is 13.5 Å². The van der Waals surface area contributed by atoms with E-state index in [9.17, 15) is 13.5 Å². The van der Waals surface area contributed by atoms with Gasteiger partial charge in [-0.25, -0.2) is 13.1 Å². The van der Waals surface area contributed by atoms with Crippen LogP contribution in [0, 0.1) is 5.92 Å². The van der Waals surface area contributed by atoms with Crippen molar-refractivity contribution in [3.8, 4) is 0 Å². The van der Waals surface area contributed by atoms with Gasteiger partial charge >= 0.3 is 0 Å². The largest absolute Gasteiger partial charge is 0.392 e. The minimum Gasteiger partial charge on any atom is -0.392 e. The van der Waals surface area contributed by atoms with E-state index in [1.54, 1.807) is 0 Å². The van der Waals surface area contributed by atoms with Crippen molar-refractivity contribution in [3.63, 3.8) is 0 Å². The highest BCUT2D eigenvalue weighted by molar-refractivity contribution is 7.89. The number of rotatable bonds is 4. The van der Waals surface area contributed by atoms with Crippen molar-refractivity contribution in [1.82, 2.24) is 4.72 Å². The maximum Gasteiger partial charge on any atom is 0.240 e. The molecule has 0 spiro atoms. The first-order valence-corrected chi connectivity index (χ1v) is 9.20. The molecule has 0 bridgehead atoms. The van der Waals surface area contributed by atoms with Crippen LogP contribution in [-0.2, 0) is 16.6 Å². The molecule has 2 unspecified atom stereocenters. The van der Waals surface area contributed by atoms with E-state index in [2.05, 4.69) is 11.6 Å². The van der Waals surface area contributed by atoms with Gasteiger partial charge < -0.3 is 5.11 Å². The summed E-state index contributed by atoms with van der Waals surface area (Å²) in [6.45, 7) is 1.94. The lowest BCUT2D eigenvalue weighted by molar-refractivity contribution is 0.281. The van der Waals surface area contributed by atoms with E-state index in [1.165, 1.54) is 18.2 Å². The number of sulfonamides is 1. The SMILES string of the molecule is CC1CCCC(NS(=O)(=O)c2ccc(Cl)c(CO)c2)CC1. The Morgan fingerprint density at radius 3 is 2.76 bits per heavy atom. The molecule has 1 fully saturated rings. The molecule has 0 aliphatic heterocycles. The highest BCUT2D eigenvalue weighted by Crippen LogP contribution is 2.25. The molecule has 2 rings (SSSR count). The Balaban J connectivity index is 2.14. The van der Waals surface area contributed by atoms with E-state index in [-0.39, 0.29) is 17.5 Å². The van der Waals surface area contributed by atoms with Gasteiger partial charge in [-0.3, -0.25) is 0 Å². The van der Waals surface area contributed by atoms with Crippen LogP contribution in [0.4, 0.5) is 0 Å². The third-order valence-electron chi connectivity index (χ3n) is 4.08. The molecule has 2 atom stereocenters. The fraction of sp³-hybridized carbons (Fsp3) is 0.600. The Hall–Kier alpha value is -0.620. The topological polar surface area (TPSA) is 66.4 Å². The van der Waals surface area contributed by atoms with Crippen molar-refractivity contribution >= 4 is 21.6 Å². The smallest absolute Gasteiger partial charge is 0.240 e. The Kier molecular flexibility index (Phi) is 5.66. The van der Waals surface area contributed by atoms with Crippen LogP contribution in [0.2, 0.25) is 5.02 Å². The minimum atomic E-state index is -3.56. The number of benzene rings is 1. The van der Waals surface area contributed by atoms with Crippen molar-refractivity contribution in [1.29, 1.82) is 0 Å². The molecule has 1 aliphatic carbocycles. The molecule has 4 nitrogen and oxygen atoms in total. The lowest BCUT2D eigenvalue weighted by Gasteiger charge is -2.17. The van der Waals surface area contributed by atoms with Crippen LogP contribution in [0.1, 0.15) is 44.6 Å². The summed E-state index contributed by atoms with van der Waals surface area (Å²) < 4.78 is 27.7. The van der Waals surface area contributed by atoms with Crippen LogP contribution >= 0.6 is 11.6 Å². The van der Waals surface area contributed by atoms with Gasteiger partial charge in [0.15, 0.2) is 0 Å². The highest BCUT2D eigenvalue weighted by atomic mass is 35.5. The zero-order valence-electron chi connectivity index (χ0n) is 12.2. The van der Waals surface area contributed by atoms with Gasteiger partial charge in [0.2, 0.25) is 10.0 Å². The molecular formula is C15H22ClNO3S. The zero-order chi connectivity index (χ0) is 15.5. The molecule has 1 aliphatic rings. The molecule has 21 heavy (non-hydrogen) atoms. The van der Waals surface area contributed by atoms with Crippen LogP contribution in [0.25, 0.3) is 0 Å². The molecule has 6 heteroatoms. The van der Waals surface area contributed by atoms with Gasteiger partial charge in [-0.2, -0.15) is 0 Å². The van der Waals surface area contributed by atoms with E-state index in [0.29, 0.717) is 16.5 Å². The van der Waals surface area contributed by atoms with Crippen LogP contribution in [0.3, 0.4) is 0 Å². The monoisotopic (exact) mass is 331 g/mol. The molecule has 118 valence electrons. The van der Waals surface area contributed by atoms with E-state index >= 15 is 0 Å². The van der Waals surface area contributed by atoms with Crippen LogP contribution in [0.15, 0.2) is 23.1 Å². The Bertz CT molecular complexity index is 589. The summed E-state index contributed by atoms with van der Waals surface area (Å²) in [5.74, 6) is 0.663. The van der Waals surface area contributed by atoms with Gasteiger partial charge in [-0.05, 0) is 48.9 Å². The summed E-state index contributed by atoms with van der Waals surface area (Å²) in [5, 5.41) is 9.57. The second kappa shape index (κ2) is 7.09. The lowest BCUT2D eigenvalue weighted by atomic mass is 10.0. The van der Waals surface area contributed by atoms with Gasteiger partial charge in [-0.15, -0.1) is 0 Å². The minimum absolute atomic E-state index is 0.00629. The fourth-order valence-electron chi connectivity index (χ4n) is 2.73. The van der Waals surface area contributed by atoms with Crippen molar-refractivity contribution in [3.05, 3.63) is 28.8 Å². The molecule has 0 heterocycles. The Labute approximate surface area is 131 Å². The molecule has 1 aromatic carbocycles. The number of aliphatic hydroxyl groups is 1. The average molecular weight is 332 g/mol. The van der Waals surface area contributed by atoms with Crippen LogP contribution < -0.4 is 4.72 Å². The first-order valence-electron chi connectivity index (χ1n) is 7.34. The van der Waals surface area contributed by atoms with Gasteiger partial charge in [0.05, 0.1) is 11.5 Å². The highest BCUT2D eigenvalue weighted by Gasteiger charge is 2.23. The van der Waals surface area contributed by atoms with Crippen LogP contribution in [0.5, 0.6) is 0 Å². The molecule has 0 aromatic heterocycles. The Morgan fingerprint density at radius 2 is 2.05 bits per heavy atom. The van der Waals surface area contributed by atoms with Gasteiger partial charge in [0.25, 0.3) is 0 Å². The standard InChI is InChI=1S/C15H22ClNO3S/c1-11-3-2-4-13(6-5-11)17-21(19,20)14-7-8-15(16)12(9-14)10-18/h7-9,11,13,17-18H,2-6,10H2,1H3. The number of hydrogen-bond acceptors (Lipinski definition) is 3. The summed E-state index contributed by atoms with van der Waals surface area (Å²) in [6.07, 6.45) is 5.02. The third kappa shape index (κ3) is 4.42. The summed E-state index contributed by atoms with van der Waals surface area (Å²) in [7, 11) is -3.56. The second-order valence-electron chi connectivity index (χ2n) is 5.84. The summed E-state index contributed by atoms with van der Waals surface area (Å²) in [5.41, 5.74) is 0.425. The fourth-order valence-corrected chi connectivity index (χ4v) is 4.26. The predicted octanol–water partition coefficient (Wildman–Crippen LogP) is 3.08. The quantitative estimate of drug-likeness (QED) is 0.833. The van der Waals surface area contributed by atoms with E-state index < -0.39 is 10.0 Å². The summed E-state index contributed by atoms with van der Waals surface area (Å²) in [6, 6.07) is 4.41.